The third-order valence-corrected chi connectivity index (χ3v) is 13.2. The van der Waals surface area contributed by atoms with Crippen molar-refractivity contribution in [3.05, 3.63) is 83.5 Å². The maximum Gasteiger partial charge on any atom is 0.407 e. The van der Waals surface area contributed by atoms with Gasteiger partial charge in [0.1, 0.15) is 23.7 Å². The molecule has 4 N–H and O–H groups in total. The first-order valence-electron chi connectivity index (χ1n) is 22.0. The van der Waals surface area contributed by atoms with E-state index >= 15 is 0 Å². The molecule has 8 rings (SSSR count). The largest absolute Gasteiger partial charge is 0.453 e. The molecule has 0 radical (unpaired) electrons. The van der Waals surface area contributed by atoms with E-state index in [1.165, 1.54) is 14.2 Å². The quantitative estimate of drug-likeness (QED) is 0.0829. The molecule has 4 amide bonds. The number of fused-ring (bicyclic) bond motifs is 6. The van der Waals surface area contributed by atoms with Gasteiger partial charge in [-0.25, -0.2) is 19.6 Å². The van der Waals surface area contributed by atoms with Crippen LogP contribution in [-0.4, -0.2) is 106 Å². The van der Waals surface area contributed by atoms with E-state index in [1.54, 1.807) is 7.11 Å². The molecule has 15 heteroatoms. The van der Waals surface area contributed by atoms with Crippen LogP contribution in [0.3, 0.4) is 0 Å². The molecule has 6 aromatic rings. The van der Waals surface area contributed by atoms with Crippen LogP contribution < -0.4 is 10.6 Å². The Labute approximate surface area is 372 Å². The van der Waals surface area contributed by atoms with Gasteiger partial charge in [0.25, 0.3) is 0 Å². The summed E-state index contributed by atoms with van der Waals surface area (Å²) in [4.78, 5) is 73.6. The number of methoxy groups -OCH3 is 3. The molecule has 4 aromatic carbocycles. The van der Waals surface area contributed by atoms with E-state index < -0.39 is 30.3 Å². The van der Waals surface area contributed by atoms with Crippen LogP contribution in [0.4, 0.5) is 9.59 Å². The number of alkyl carbamates (subject to hydrolysis) is 2. The summed E-state index contributed by atoms with van der Waals surface area (Å²) in [5, 5.41) is 9.59. The minimum atomic E-state index is -0.769. The fourth-order valence-electron chi connectivity index (χ4n) is 9.44. The first-order chi connectivity index (χ1) is 30.6. The predicted molar refractivity (Wildman–Crippen MR) is 246 cm³/mol. The summed E-state index contributed by atoms with van der Waals surface area (Å²) in [6.07, 6.45) is -0.624. The van der Waals surface area contributed by atoms with Crippen molar-refractivity contribution in [3.8, 4) is 11.1 Å². The van der Waals surface area contributed by atoms with Gasteiger partial charge in [0.2, 0.25) is 11.8 Å². The molecule has 0 unspecified atom stereocenters. The molecule has 64 heavy (non-hydrogen) atoms. The van der Waals surface area contributed by atoms with E-state index in [0.29, 0.717) is 31.2 Å². The highest BCUT2D eigenvalue weighted by Gasteiger charge is 2.45. The van der Waals surface area contributed by atoms with E-state index in [-0.39, 0.29) is 41.7 Å². The number of H-pyrrole nitrogens is 2. The van der Waals surface area contributed by atoms with Gasteiger partial charge in [-0.15, -0.1) is 0 Å². The average Bonchev–Trinajstić information content (AvgIpc) is 3.79. The normalized spacial score (nSPS) is 18.0. The summed E-state index contributed by atoms with van der Waals surface area (Å²) < 4.78 is 15.2. The fraction of sp³-hybridized carbons (Fsp3) is 0.429. The fourth-order valence-corrected chi connectivity index (χ4v) is 9.44. The number of carbonyl (C=O) groups is 4. The monoisotopic (exact) mass is 870 g/mol. The molecule has 336 valence electrons. The maximum absolute atomic E-state index is 14.2. The summed E-state index contributed by atoms with van der Waals surface area (Å²) in [5.41, 5.74) is 7.75. The first-order valence-corrected chi connectivity index (χ1v) is 22.0. The van der Waals surface area contributed by atoms with Gasteiger partial charge in [-0.1, -0.05) is 64.1 Å². The summed E-state index contributed by atoms with van der Waals surface area (Å²) in [6, 6.07) is 18.6. The van der Waals surface area contributed by atoms with E-state index in [2.05, 4.69) is 69.1 Å². The number of likely N-dealkylation sites (tertiary alicyclic amines) is 1. The lowest BCUT2D eigenvalue weighted by molar-refractivity contribution is -0.137. The van der Waals surface area contributed by atoms with Crippen LogP contribution in [0.5, 0.6) is 0 Å². The average molecular weight is 871 g/mol. The molecular formula is C49H58N8O7. The second kappa shape index (κ2) is 17.6. The minimum Gasteiger partial charge on any atom is -0.453 e. The molecule has 2 aromatic heterocycles. The van der Waals surface area contributed by atoms with E-state index in [1.807, 2.05) is 70.4 Å². The van der Waals surface area contributed by atoms with Gasteiger partial charge in [0.05, 0.1) is 61.0 Å². The number of nitrogens with one attached hydrogen (secondary N) is 4. The zero-order valence-electron chi connectivity index (χ0n) is 38.2. The predicted octanol–water partition coefficient (Wildman–Crippen LogP) is 8.32. The first kappa shape index (κ1) is 44.1. The second-order valence-corrected chi connectivity index (χ2v) is 18.0. The maximum atomic E-state index is 14.2. The van der Waals surface area contributed by atoms with Gasteiger partial charge < -0.3 is 44.6 Å². The van der Waals surface area contributed by atoms with Gasteiger partial charge >= 0.3 is 12.2 Å². The van der Waals surface area contributed by atoms with E-state index in [4.69, 9.17) is 24.2 Å². The van der Waals surface area contributed by atoms with Gasteiger partial charge in [-0.3, -0.25) is 9.59 Å². The number of ether oxygens (including phenoxy) is 3. The highest BCUT2D eigenvalue weighted by molar-refractivity contribution is 6.07. The summed E-state index contributed by atoms with van der Waals surface area (Å²) in [5.74, 6) is 0.764. The summed E-state index contributed by atoms with van der Waals surface area (Å²) in [7, 11) is 4.24. The van der Waals surface area contributed by atoms with E-state index in [0.717, 1.165) is 65.9 Å². The number of aromatic amines is 2. The van der Waals surface area contributed by atoms with Gasteiger partial charge in [0, 0.05) is 30.3 Å². The topological polar surface area (TPSA) is 184 Å². The third-order valence-electron chi connectivity index (χ3n) is 13.2. The van der Waals surface area contributed by atoms with Crippen molar-refractivity contribution in [1.29, 1.82) is 0 Å². The third kappa shape index (κ3) is 8.12. The lowest BCUT2D eigenvalue weighted by Gasteiger charge is -2.34. The van der Waals surface area contributed by atoms with Gasteiger partial charge in [-0.2, -0.15) is 0 Å². The molecule has 1 saturated heterocycles. The van der Waals surface area contributed by atoms with Crippen molar-refractivity contribution < 1.29 is 33.4 Å². The number of nitrogens with zero attached hydrogens (tertiary/aromatic N) is 4. The molecular weight excluding hydrogens is 813 g/mol. The molecule has 1 aliphatic heterocycles. The van der Waals surface area contributed by atoms with Crippen molar-refractivity contribution in [1.82, 2.24) is 40.4 Å². The molecule has 15 nitrogen and oxygen atoms in total. The van der Waals surface area contributed by atoms with Crippen LogP contribution in [0, 0.1) is 17.8 Å². The van der Waals surface area contributed by atoms with Crippen LogP contribution in [0.15, 0.2) is 71.8 Å². The van der Waals surface area contributed by atoms with Gasteiger partial charge in [0.15, 0.2) is 0 Å². The lowest BCUT2D eigenvalue weighted by atomic mass is 9.98. The van der Waals surface area contributed by atoms with Crippen LogP contribution in [0.2, 0.25) is 0 Å². The number of carbonyl (C=O) groups excluding carboxylic acids is 4. The Balaban J connectivity index is 1.07. The standard InChI is InChI=1S/C49H58N8O7/c1-24(2)39(54-48(60)63-9)46(58)56-22-29(23-62-8)19-38(56)45-51-37-18-14-33-21-31(12-16-35(33)42(37)53-45)30-11-15-34-32(20-30)13-17-36-41(34)52-44(50-36)28(7)57(43-26(5)27(43)6)47(59)40(25(3)4)55-49(61)64-10/h11-18,20-21,24-25,28-29,38-40,43H,19,22-23H2,1-10H3,(H,50,52)(H,51,53)(H,54,60)(H,55,61)/t28-,29-,38-,39-,40-/m0/s1. The Kier molecular flexibility index (Phi) is 12.1. The molecule has 5 atom stereocenters. The SMILES string of the molecule is COC[C@H]1C[C@@H](c2nc3ccc4cc(-c5ccc6c(ccc7nc([C@H](C)N(C(=O)[C@@H](NC(=O)OC)C(C)C)C8C(C)=C8C)[nH]c76)c5)ccc4c3[nH]2)N(C(=O)[C@@H](NC(=O)OC)C(C)C)C1. The zero-order valence-corrected chi connectivity index (χ0v) is 38.2. The summed E-state index contributed by atoms with van der Waals surface area (Å²) >= 11 is 0. The van der Waals surface area contributed by atoms with Crippen molar-refractivity contribution in [3.63, 3.8) is 0 Å². The summed E-state index contributed by atoms with van der Waals surface area (Å²) in [6.45, 7) is 14.6. The number of hydrogen-bond donors (Lipinski definition) is 4. The number of rotatable bonds is 13. The smallest absolute Gasteiger partial charge is 0.407 e. The number of imidazole rings is 2. The van der Waals surface area contributed by atoms with Crippen molar-refractivity contribution >= 4 is 67.6 Å². The number of aromatic nitrogens is 4. The van der Waals surface area contributed by atoms with Crippen LogP contribution in [0.25, 0.3) is 54.7 Å². The van der Waals surface area contributed by atoms with Crippen LogP contribution in [-0.2, 0) is 23.8 Å². The van der Waals surface area contributed by atoms with Crippen molar-refractivity contribution in [2.24, 2.45) is 17.8 Å². The van der Waals surface area contributed by atoms with Crippen molar-refractivity contribution in [2.45, 2.75) is 85.1 Å². The molecule has 2 aliphatic rings. The number of amides is 4. The van der Waals surface area contributed by atoms with Gasteiger partial charge in [-0.05, 0) is 96.3 Å². The molecule has 0 spiro atoms. The Morgan fingerprint density at radius 3 is 1.83 bits per heavy atom. The minimum absolute atomic E-state index is 0.106. The zero-order chi connectivity index (χ0) is 45.7. The highest BCUT2D eigenvalue weighted by Crippen LogP contribution is 2.42. The molecule has 0 saturated carbocycles. The Hall–Kier alpha value is -6.48. The molecule has 0 bridgehead atoms. The molecule has 1 fully saturated rings. The Bertz CT molecular complexity index is 2810. The molecule has 3 heterocycles. The van der Waals surface area contributed by atoms with Crippen LogP contribution in [0.1, 0.15) is 78.6 Å². The number of benzene rings is 4. The Morgan fingerprint density at radius 2 is 1.30 bits per heavy atom. The lowest BCUT2D eigenvalue weighted by Crippen LogP contribution is -2.53. The van der Waals surface area contributed by atoms with Crippen LogP contribution >= 0.6 is 0 Å². The highest BCUT2D eigenvalue weighted by atomic mass is 16.5. The molecule has 1 aliphatic carbocycles. The van der Waals surface area contributed by atoms with E-state index in [9.17, 15) is 19.2 Å². The Morgan fingerprint density at radius 1 is 0.750 bits per heavy atom. The van der Waals surface area contributed by atoms with Crippen molar-refractivity contribution in [2.75, 3.05) is 34.5 Å². The number of hydrogen-bond acceptors (Lipinski definition) is 9. The second-order valence-electron chi connectivity index (χ2n) is 18.0.